The van der Waals surface area contributed by atoms with Crippen LogP contribution < -0.4 is 20.2 Å². The molecule has 9 heteroatoms. The first-order valence-electron chi connectivity index (χ1n) is 9.47. The Hall–Kier alpha value is -2.93. The van der Waals surface area contributed by atoms with Crippen LogP contribution in [0.2, 0.25) is 15.1 Å². The highest BCUT2D eigenvalue weighted by Crippen LogP contribution is 2.37. The lowest BCUT2D eigenvalue weighted by Gasteiger charge is -2.14. The van der Waals surface area contributed by atoms with E-state index in [1.807, 2.05) is 25.1 Å². The van der Waals surface area contributed by atoms with E-state index in [1.54, 1.807) is 36.4 Å². The minimum atomic E-state index is -0.464. The van der Waals surface area contributed by atoms with E-state index in [4.69, 9.17) is 44.3 Å². The van der Waals surface area contributed by atoms with Crippen LogP contribution in [0.1, 0.15) is 16.7 Å². The van der Waals surface area contributed by atoms with Crippen molar-refractivity contribution < 1.29 is 14.3 Å². The number of carbonyl (C=O) groups excluding carboxylic acids is 1. The van der Waals surface area contributed by atoms with Crippen molar-refractivity contribution in [2.45, 2.75) is 13.5 Å². The molecule has 0 aliphatic carbocycles. The van der Waals surface area contributed by atoms with Crippen LogP contribution in [0, 0.1) is 6.92 Å². The summed E-state index contributed by atoms with van der Waals surface area (Å²) >= 11 is 18.5. The lowest BCUT2D eigenvalue weighted by molar-refractivity contribution is 0.252. The molecule has 3 aromatic carbocycles. The van der Waals surface area contributed by atoms with E-state index in [0.29, 0.717) is 37.8 Å². The Labute approximate surface area is 201 Å². The Morgan fingerprint density at radius 3 is 2.56 bits per heavy atom. The topological polar surface area (TPSA) is 72.0 Å². The summed E-state index contributed by atoms with van der Waals surface area (Å²) in [6, 6.07) is 15.5. The number of nitrogens with one attached hydrogen (secondary N) is 2. The lowest BCUT2D eigenvalue weighted by atomic mass is 10.2. The van der Waals surface area contributed by atoms with Gasteiger partial charge in [0, 0.05) is 21.3 Å². The number of ether oxygens (including phenoxy) is 2. The Balaban J connectivity index is 1.66. The van der Waals surface area contributed by atoms with E-state index in [0.717, 1.165) is 11.1 Å². The molecule has 0 saturated heterocycles. The monoisotopic (exact) mass is 491 g/mol. The molecule has 0 atom stereocenters. The normalized spacial score (nSPS) is 10.8. The molecule has 0 aromatic heterocycles. The molecule has 0 fully saturated rings. The molecule has 0 aliphatic rings. The van der Waals surface area contributed by atoms with Gasteiger partial charge in [0.25, 0.3) is 0 Å². The van der Waals surface area contributed by atoms with Crippen molar-refractivity contribution in [2.24, 2.45) is 5.10 Å². The summed E-state index contributed by atoms with van der Waals surface area (Å²) in [6.07, 6.45) is 1.45. The second-order valence-corrected chi connectivity index (χ2v) is 7.95. The number of nitrogens with zero attached hydrogens (tertiary/aromatic N) is 1. The summed E-state index contributed by atoms with van der Waals surface area (Å²) in [7, 11) is 1.50. The highest BCUT2D eigenvalue weighted by atomic mass is 35.5. The average Bonchev–Trinajstić information content (AvgIpc) is 2.75. The van der Waals surface area contributed by atoms with Gasteiger partial charge in [-0.3, -0.25) is 0 Å². The molecule has 32 heavy (non-hydrogen) atoms. The van der Waals surface area contributed by atoms with Gasteiger partial charge in [0.2, 0.25) is 0 Å². The first-order chi connectivity index (χ1) is 15.4. The van der Waals surface area contributed by atoms with Crippen LogP contribution >= 0.6 is 34.8 Å². The maximum atomic E-state index is 12.0. The molecule has 0 bridgehead atoms. The van der Waals surface area contributed by atoms with Gasteiger partial charge in [-0.05, 0) is 48.4 Å². The third-order valence-corrected chi connectivity index (χ3v) is 5.28. The number of anilines is 1. The fourth-order valence-electron chi connectivity index (χ4n) is 2.77. The standard InChI is InChI=1S/C23H20Cl3N3O3/c1-14-5-3-4-6-20(14)28-23(30)29-27-12-15-9-19(26)22(21(10-15)31-2)32-13-16-7-8-17(24)11-18(16)25/h3-12H,13H2,1-2H3,(H2,28,29,30). The second-order valence-electron chi connectivity index (χ2n) is 6.70. The number of halogens is 3. The number of hydrogen-bond acceptors (Lipinski definition) is 4. The second kappa shape index (κ2) is 11.1. The highest BCUT2D eigenvalue weighted by molar-refractivity contribution is 6.35. The maximum Gasteiger partial charge on any atom is 0.339 e. The minimum Gasteiger partial charge on any atom is -0.493 e. The van der Waals surface area contributed by atoms with Crippen LogP contribution in [0.25, 0.3) is 0 Å². The SMILES string of the molecule is COc1cc(C=NNC(=O)Nc2ccccc2C)cc(Cl)c1OCc1ccc(Cl)cc1Cl. The minimum absolute atomic E-state index is 0.181. The zero-order valence-electron chi connectivity index (χ0n) is 17.3. The Kier molecular flexibility index (Phi) is 8.22. The summed E-state index contributed by atoms with van der Waals surface area (Å²) in [4.78, 5) is 12.0. The number of rotatable bonds is 7. The average molecular weight is 493 g/mol. The van der Waals surface area contributed by atoms with Gasteiger partial charge in [-0.1, -0.05) is 59.1 Å². The molecule has 3 rings (SSSR count). The van der Waals surface area contributed by atoms with Gasteiger partial charge in [-0.15, -0.1) is 0 Å². The van der Waals surface area contributed by atoms with Crippen molar-refractivity contribution in [1.29, 1.82) is 0 Å². The van der Waals surface area contributed by atoms with Gasteiger partial charge >= 0.3 is 6.03 Å². The zero-order chi connectivity index (χ0) is 23.1. The predicted octanol–water partition coefficient (Wildman–Crippen LogP) is 6.70. The van der Waals surface area contributed by atoms with Crippen molar-refractivity contribution in [3.8, 4) is 11.5 Å². The Bertz CT molecular complexity index is 1150. The molecule has 0 saturated carbocycles. The quantitative estimate of drug-likeness (QED) is 0.285. The number of urea groups is 1. The van der Waals surface area contributed by atoms with Crippen LogP contribution in [0.15, 0.2) is 59.7 Å². The van der Waals surface area contributed by atoms with E-state index in [-0.39, 0.29) is 6.61 Å². The van der Waals surface area contributed by atoms with Crippen molar-refractivity contribution in [1.82, 2.24) is 5.43 Å². The van der Waals surface area contributed by atoms with Gasteiger partial charge in [0.05, 0.1) is 18.3 Å². The van der Waals surface area contributed by atoms with Gasteiger partial charge in [-0.25, -0.2) is 10.2 Å². The third-order valence-electron chi connectivity index (χ3n) is 4.41. The van der Waals surface area contributed by atoms with Gasteiger partial charge in [-0.2, -0.15) is 5.10 Å². The number of hydrogen-bond donors (Lipinski definition) is 2. The van der Waals surface area contributed by atoms with E-state index in [1.165, 1.54) is 13.3 Å². The van der Waals surface area contributed by atoms with Crippen LogP contribution in [0.3, 0.4) is 0 Å². The van der Waals surface area contributed by atoms with Crippen molar-refractivity contribution in [3.05, 3.63) is 86.4 Å². The number of hydrazone groups is 1. The predicted molar refractivity (Wildman–Crippen MR) is 130 cm³/mol. The largest absolute Gasteiger partial charge is 0.493 e. The molecule has 0 heterocycles. The first-order valence-corrected chi connectivity index (χ1v) is 10.6. The summed E-state index contributed by atoms with van der Waals surface area (Å²) in [5.74, 6) is 0.774. The first kappa shape index (κ1) is 23.7. The van der Waals surface area contributed by atoms with Gasteiger partial charge in [0.15, 0.2) is 11.5 Å². The number of methoxy groups -OCH3 is 1. The Morgan fingerprint density at radius 1 is 1.06 bits per heavy atom. The van der Waals surface area contributed by atoms with Crippen molar-refractivity contribution in [3.63, 3.8) is 0 Å². The van der Waals surface area contributed by atoms with Crippen molar-refractivity contribution >= 4 is 52.7 Å². The summed E-state index contributed by atoms with van der Waals surface area (Å²) in [5.41, 5.74) is 5.42. The number of carbonyl (C=O) groups is 1. The zero-order valence-corrected chi connectivity index (χ0v) is 19.6. The van der Waals surface area contributed by atoms with Crippen LogP contribution in [0.4, 0.5) is 10.5 Å². The number of amides is 2. The van der Waals surface area contributed by atoms with Crippen molar-refractivity contribution in [2.75, 3.05) is 12.4 Å². The number of aryl methyl sites for hydroxylation is 1. The molecule has 0 spiro atoms. The maximum absolute atomic E-state index is 12.0. The third kappa shape index (κ3) is 6.29. The van der Waals surface area contributed by atoms with E-state index in [9.17, 15) is 4.79 Å². The van der Waals surface area contributed by atoms with E-state index in [2.05, 4.69) is 15.8 Å². The smallest absolute Gasteiger partial charge is 0.339 e. The van der Waals surface area contributed by atoms with Gasteiger partial charge in [0.1, 0.15) is 6.61 Å². The summed E-state index contributed by atoms with van der Waals surface area (Å²) in [5, 5.41) is 8.03. The molecule has 2 amide bonds. The summed E-state index contributed by atoms with van der Waals surface area (Å²) < 4.78 is 11.2. The lowest BCUT2D eigenvalue weighted by Crippen LogP contribution is -2.24. The molecular formula is C23H20Cl3N3O3. The van der Waals surface area contributed by atoms with Gasteiger partial charge < -0.3 is 14.8 Å². The number of para-hydroxylation sites is 1. The van der Waals surface area contributed by atoms with Crippen LogP contribution in [-0.4, -0.2) is 19.4 Å². The molecule has 6 nitrogen and oxygen atoms in total. The molecule has 3 aromatic rings. The molecule has 166 valence electrons. The Morgan fingerprint density at radius 2 is 1.84 bits per heavy atom. The molecular weight excluding hydrogens is 473 g/mol. The number of benzene rings is 3. The fourth-order valence-corrected chi connectivity index (χ4v) is 3.51. The van der Waals surface area contributed by atoms with E-state index < -0.39 is 6.03 Å². The van der Waals surface area contributed by atoms with Crippen LogP contribution in [-0.2, 0) is 6.61 Å². The molecule has 2 N–H and O–H groups in total. The fraction of sp³-hybridized carbons (Fsp3) is 0.130. The van der Waals surface area contributed by atoms with E-state index >= 15 is 0 Å². The molecule has 0 radical (unpaired) electrons. The molecule has 0 aliphatic heterocycles. The van der Waals surface area contributed by atoms with Crippen LogP contribution in [0.5, 0.6) is 11.5 Å². The summed E-state index contributed by atoms with van der Waals surface area (Å²) in [6.45, 7) is 2.08. The molecule has 0 unspecified atom stereocenters. The highest BCUT2D eigenvalue weighted by Gasteiger charge is 2.13.